The Bertz CT molecular complexity index is 520. The van der Waals surface area contributed by atoms with Crippen molar-refractivity contribution in [1.82, 2.24) is 9.78 Å². The first kappa shape index (κ1) is 11.3. The molecule has 0 spiro atoms. The fraction of sp³-hybridized carbons (Fsp3) is 0.182. The summed E-state index contributed by atoms with van der Waals surface area (Å²) in [6.07, 6.45) is 0. The van der Waals surface area contributed by atoms with E-state index >= 15 is 0 Å². The number of anilines is 1. The Kier molecular flexibility index (Phi) is 3.08. The minimum Gasteiger partial charge on any atom is -0.372 e. The molecule has 5 heteroatoms. The minimum absolute atomic E-state index is 0.548. The molecule has 0 aliphatic rings. The largest absolute Gasteiger partial charge is 0.372 e. The third-order valence-corrected chi connectivity index (χ3v) is 3.09. The van der Waals surface area contributed by atoms with E-state index in [2.05, 4.69) is 10.4 Å². The van der Waals surface area contributed by atoms with Crippen LogP contribution in [0.5, 0.6) is 0 Å². The first-order chi connectivity index (χ1) is 7.61. The van der Waals surface area contributed by atoms with Crippen LogP contribution < -0.4 is 5.32 Å². The van der Waals surface area contributed by atoms with Gasteiger partial charge in [0.1, 0.15) is 5.82 Å². The summed E-state index contributed by atoms with van der Waals surface area (Å²) in [7, 11) is 3.72. The molecule has 0 saturated heterocycles. The van der Waals surface area contributed by atoms with Crippen molar-refractivity contribution in [2.75, 3.05) is 12.4 Å². The quantitative estimate of drug-likeness (QED) is 0.891. The average molecular weight is 256 g/mol. The smallest absolute Gasteiger partial charge is 0.148 e. The van der Waals surface area contributed by atoms with Gasteiger partial charge < -0.3 is 5.32 Å². The number of hydrogen-bond donors (Lipinski definition) is 1. The monoisotopic (exact) mass is 255 g/mol. The first-order valence-electron chi connectivity index (χ1n) is 4.79. The van der Waals surface area contributed by atoms with Crippen molar-refractivity contribution in [1.29, 1.82) is 0 Å². The van der Waals surface area contributed by atoms with E-state index in [-0.39, 0.29) is 0 Å². The van der Waals surface area contributed by atoms with Gasteiger partial charge in [-0.2, -0.15) is 5.10 Å². The van der Waals surface area contributed by atoms with Crippen LogP contribution in [0.15, 0.2) is 24.3 Å². The Morgan fingerprint density at radius 2 is 1.94 bits per heavy atom. The van der Waals surface area contributed by atoms with Gasteiger partial charge in [-0.3, -0.25) is 4.68 Å². The molecule has 2 aromatic rings. The van der Waals surface area contributed by atoms with Gasteiger partial charge >= 0.3 is 0 Å². The van der Waals surface area contributed by atoms with Crippen LogP contribution >= 0.6 is 23.2 Å². The van der Waals surface area contributed by atoms with Gasteiger partial charge in [-0.1, -0.05) is 29.3 Å². The second kappa shape index (κ2) is 4.36. The number of aryl methyl sites for hydroxylation is 1. The highest BCUT2D eigenvalue weighted by atomic mass is 35.5. The van der Waals surface area contributed by atoms with Crippen LogP contribution in [-0.2, 0) is 7.05 Å². The van der Waals surface area contributed by atoms with Crippen molar-refractivity contribution in [2.45, 2.75) is 0 Å². The van der Waals surface area contributed by atoms with Gasteiger partial charge in [0.05, 0.1) is 15.7 Å². The van der Waals surface area contributed by atoms with E-state index in [0.29, 0.717) is 10.0 Å². The van der Waals surface area contributed by atoms with E-state index < -0.39 is 0 Å². The zero-order valence-corrected chi connectivity index (χ0v) is 10.5. The zero-order chi connectivity index (χ0) is 11.7. The lowest BCUT2D eigenvalue weighted by Crippen LogP contribution is -1.95. The minimum atomic E-state index is 0.548. The van der Waals surface area contributed by atoms with Crippen LogP contribution in [0.1, 0.15) is 0 Å². The van der Waals surface area contributed by atoms with Gasteiger partial charge in [0, 0.05) is 25.7 Å². The van der Waals surface area contributed by atoms with Crippen molar-refractivity contribution in [3.63, 3.8) is 0 Å². The maximum atomic E-state index is 5.98. The number of nitrogens with one attached hydrogen (secondary N) is 1. The molecule has 0 fully saturated rings. The highest BCUT2D eigenvalue weighted by Crippen LogP contribution is 2.29. The van der Waals surface area contributed by atoms with Gasteiger partial charge in [0.25, 0.3) is 0 Å². The molecular formula is C11H11Cl2N3. The summed E-state index contributed by atoms with van der Waals surface area (Å²) in [6, 6.07) is 7.50. The number of rotatable bonds is 2. The number of hydrogen-bond acceptors (Lipinski definition) is 2. The molecule has 2 rings (SSSR count). The molecular weight excluding hydrogens is 245 g/mol. The van der Waals surface area contributed by atoms with Crippen LogP contribution in [0.25, 0.3) is 11.3 Å². The summed E-state index contributed by atoms with van der Waals surface area (Å²) in [4.78, 5) is 0. The number of halogens is 2. The predicted octanol–water partition coefficient (Wildman–Crippen LogP) is 3.44. The van der Waals surface area contributed by atoms with E-state index in [4.69, 9.17) is 23.2 Å². The van der Waals surface area contributed by atoms with Gasteiger partial charge in [-0.15, -0.1) is 0 Å². The van der Waals surface area contributed by atoms with E-state index in [1.54, 1.807) is 10.7 Å². The summed E-state index contributed by atoms with van der Waals surface area (Å²) >= 11 is 11.9. The lowest BCUT2D eigenvalue weighted by Gasteiger charge is -2.03. The Morgan fingerprint density at radius 1 is 1.19 bits per heavy atom. The van der Waals surface area contributed by atoms with Crippen LogP contribution in [0.2, 0.25) is 10.0 Å². The number of aromatic nitrogens is 2. The highest BCUT2D eigenvalue weighted by Gasteiger charge is 2.08. The van der Waals surface area contributed by atoms with Gasteiger partial charge in [0.2, 0.25) is 0 Å². The molecule has 0 amide bonds. The van der Waals surface area contributed by atoms with Crippen molar-refractivity contribution >= 4 is 29.0 Å². The Morgan fingerprint density at radius 3 is 2.50 bits per heavy atom. The molecule has 0 aliphatic heterocycles. The van der Waals surface area contributed by atoms with Crippen LogP contribution in [0, 0.1) is 0 Å². The number of benzene rings is 1. The molecule has 0 bridgehead atoms. The fourth-order valence-electron chi connectivity index (χ4n) is 1.52. The molecule has 0 atom stereocenters. The van der Waals surface area contributed by atoms with Crippen LogP contribution in [0.3, 0.4) is 0 Å². The van der Waals surface area contributed by atoms with Crippen molar-refractivity contribution in [3.05, 3.63) is 34.3 Å². The van der Waals surface area contributed by atoms with Gasteiger partial charge in [0.15, 0.2) is 0 Å². The van der Waals surface area contributed by atoms with Gasteiger partial charge in [-0.25, -0.2) is 0 Å². The molecule has 1 heterocycles. The third-order valence-electron chi connectivity index (χ3n) is 2.35. The maximum Gasteiger partial charge on any atom is 0.148 e. The Labute approximate surface area is 104 Å². The van der Waals surface area contributed by atoms with Crippen molar-refractivity contribution in [2.24, 2.45) is 7.05 Å². The number of nitrogens with zero attached hydrogens (tertiary/aromatic N) is 2. The molecule has 3 nitrogen and oxygen atoms in total. The van der Waals surface area contributed by atoms with Crippen molar-refractivity contribution in [3.8, 4) is 11.3 Å². The second-order valence-electron chi connectivity index (χ2n) is 3.42. The summed E-state index contributed by atoms with van der Waals surface area (Å²) < 4.78 is 1.80. The van der Waals surface area contributed by atoms with Crippen LogP contribution in [0.4, 0.5) is 5.82 Å². The van der Waals surface area contributed by atoms with E-state index in [9.17, 15) is 0 Å². The molecule has 0 radical (unpaired) electrons. The van der Waals surface area contributed by atoms with Crippen LogP contribution in [-0.4, -0.2) is 16.8 Å². The molecule has 1 N–H and O–H groups in total. The van der Waals surface area contributed by atoms with Crippen molar-refractivity contribution < 1.29 is 0 Å². The summed E-state index contributed by atoms with van der Waals surface area (Å²) in [6.45, 7) is 0. The lowest BCUT2D eigenvalue weighted by atomic mass is 10.1. The Balaban J connectivity index is 2.49. The summed E-state index contributed by atoms with van der Waals surface area (Å²) in [5, 5.41) is 8.38. The van der Waals surface area contributed by atoms with E-state index in [1.807, 2.05) is 32.3 Å². The molecule has 1 aromatic carbocycles. The molecule has 0 unspecified atom stereocenters. The van der Waals surface area contributed by atoms with E-state index in [1.165, 1.54) is 0 Å². The normalized spacial score (nSPS) is 10.5. The maximum absolute atomic E-state index is 5.98. The molecule has 0 saturated carbocycles. The van der Waals surface area contributed by atoms with E-state index in [0.717, 1.165) is 17.1 Å². The standard InChI is InChI=1S/C11H11Cl2N3/c1-14-11-6-10(16(2)15-11)7-3-4-8(12)9(13)5-7/h3-6H,1-2H3,(H,14,15). The third kappa shape index (κ3) is 2.01. The summed E-state index contributed by atoms with van der Waals surface area (Å²) in [5.41, 5.74) is 1.98. The highest BCUT2D eigenvalue weighted by molar-refractivity contribution is 6.42. The molecule has 0 aliphatic carbocycles. The Hall–Kier alpha value is -1.19. The molecule has 84 valence electrons. The molecule has 16 heavy (non-hydrogen) atoms. The first-order valence-corrected chi connectivity index (χ1v) is 5.54. The predicted molar refractivity (Wildman–Crippen MR) is 68.2 cm³/mol. The van der Waals surface area contributed by atoms with Gasteiger partial charge in [-0.05, 0) is 12.1 Å². The summed E-state index contributed by atoms with van der Waals surface area (Å²) in [5.74, 6) is 0.823. The fourth-order valence-corrected chi connectivity index (χ4v) is 1.81. The topological polar surface area (TPSA) is 29.9 Å². The lowest BCUT2D eigenvalue weighted by molar-refractivity contribution is 0.778. The second-order valence-corrected chi connectivity index (χ2v) is 4.23. The molecule has 1 aromatic heterocycles. The SMILES string of the molecule is CNc1cc(-c2ccc(Cl)c(Cl)c2)n(C)n1. The average Bonchev–Trinajstić information content (AvgIpc) is 2.64. The zero-order valence-electron chi connectivity index (χ0n) is 8.96.